The molecule has 3 aromatic carbocycles. The van der Waals surface area contributed by atoms with Gasteiger partial charge in [0, 0.05) is 5.56 Å². The molecular formula is C23H20F4O2. The lowest BCUT2D eigenvalue weighted by molar-refractivity contribution is 0.211. The van der Waals surface area contributed by atoms with E-state index in [2.05, 4.69) is 6.92 Å². The first kappa shape index (κ1) is 20.9. The molecular weight excluding hydrogens is 384 g/mol. The Labute approximate surface area is 166 Å². The monoisotopic (exact) mass is 404 g/mol. The van der Waals surface area contributed by atoms with Gasteiger partial charge < -0.3 is 9.84 Å². The molecule has 0 amide bonds. The Kier molecular flexibility index (Phi) is 6.23. The number of aryl methyl sites for hydroxylation is 1. The average Bonchev–Trinajstić information content (AvgIpc) is 2.71. The molecule has 1 unspecified atom stereocenters. The highest BCUT2D eigenvalue weighted by Gasteiger charge is 2.23. The Morgan fingerprint density at radius 1 is 0.862 bits per heavy atom. The molecule has 2 nitrogen and oxygen atoms in total. The fourth-order valence-corrected chi connectivity index (χ4v) is 3.26. The van der Waals surface area contributed by atoms with Gasteiger partial charge in [0.15, 0.2) is 29.0 Å². The minimum atomic E-state index is -1.64. The van der Waals surface area contributed by atoms with Gasteiger partial charge in [-0.15, -0.1) is 0 Å². The van der Waals surface area contributed by atoms with Gasteiger partial charge in [-0.05, 0) is 52.9 Å². The van der Waals surface area contributed by atoms with Gasteiger partial charge in [-0.3, -0.25) is 0 Å². The van der Waals surface area contributed by atoms with E-state index < -0.39 is 29.4 Å². The van der Waals surface area contributed by atoms with Crippen LogP contribution < -0.4 is 4.74 Å². The van der Waals surface area contributed by atoms with Gasteiger partial charge in [0.1, 0.15) is 6.10 Å². The molecule has 152 valence electrons. The molecule has 0 bridgehead atoms. The molecule has 0 saturated carbocycles. The van der Waals surface area contributed by atoms with E-state index in [0.29, 0.717) is 23.3 Å². The second-order valence-corrected chi connectivity index (χ2v) is 6.73. The zero-order valence-electron chi connectivity index (χ0n) is 16.0. The predicted octanol–water partition coefficient (Wildman–Crippen LogP) is 5.95. The van der Waals surface area contributed by atoms with Gasteiger partial charge in [-0.25, -0.2) is 17.6 Å². The van der Waals surface area contributed by atoms with Crippen molar-refractivity contribution < 1.29 is 27.4 Å². The van der Waals surface area contributed by atoms with Crippen LogP contribution in [0.25, 0.3) is 11.1 Å². The summed E-state index contributed by atoms with van der Waals surface area (Å²) in [5.74, 6) is -5.52. The molecule has 0 spiro atoms. The number of benzene rings is 3. The smallest absolute Gasteiger partial charge is 0.194 e. The first-order valence-electron chi connectivity index (χ1n) is 9.15. The summed E-state index contributed by atoms with van der Waals surface area (Å²) in [7, 11) is 1.22. The first-order chi connectivity index (χ1) is 13.8. The first-order valence-corrected chi connectivity index (χ1v) is 9.15. The van der Waals surface area contributed by atoms with Crippen molar-refractivity contribution in [3.8, 4) is 16.9 Å². The van der Waals surface area contributed by atoms with E-state index in [0.717, 1.165) is 18.4 Å². The third-order valence-corrected chi connectivity index (χ3v) is 4.72. The van der Waals surface area contributed by atoms with E-state index in [1.165, 1.54) is 19.2 Å². The summed E-state index contributed by atoms with van der Waals surface area (Å²) in [6.45, 7) is 2.07. The third kappa shape index (κ3) is 4.27. The maximum atomic E-state index is 14.7. The molecule has 0 radical (unpaired) electrons. The highest BCUT2D eigenvalue weighted by Crippen LogP contribution is 2.37. The second-order valence-electron chi connectivity index (χ2n) is 6.73. The fourth-order valence-electron chi connectivity index (χ4n) is 3.26. The van der Waals surface area contributed by atoms with E-state index in [1.54, 1.807) is 0 Å². The lowest BCUT2D eigenvalue weighted by Gasteiger charge is -2.18. The zero-order valence-corrected chi connectivity index (χ0v) is 16.0. The van der Waals surface area contributed by atoms with Crippen LogP contribution in [0.15, 0.2) is 48.5 Å². The van der Waals surface area contributed by atoms with Crippen molar-refractivity contribution in [1.82, 2.24) is 0 Å². The van der Waals surface area contributed by atoms with Crippen molar-refractivity contribution in [2.45, 2.75) is 25.9 Å². The highest BCUT2D eigenvalue weighted by atomic mass is 19.2. The third-order valence-electron chi connectivity index (χ3n) is 4.72. The van der Waals surface area contributed by atoms with Crippen LogP contribution in [0.5, 0.6) is 5.75 Å². The maximum absolute atomic E-state index is 14.7. The van der Waals surface area contributed by atoms with Gasteiger partial charge in [-0.2, -0.15) is 0 Å². The van der Waals surface area contributed by atoms with E-state index in [9.17, 15) is 22.7 Å². The minimum Gasteiger partial charge on any atom is -0.493 e. The number of halogens is 4. The van der Waals surface area contributed by atoms with Crippen molar-refractivity contribution in [3.63, 3.8) is 0 Å². The summed E-state index contributed by atoms with van der Waals surface area (Å²) in [6.07, 6.45) is 0.295. The van der Waals surface area contributed by atoms with E-state index >= 15 is 0 Å². The molecule has 3 rings (SSSR count). The van der Waals surface area contributed by atoms with Crippen LogP contribution in [0.1, 0.15) is 36.1 Å². The van der Waals surface area contributed by atoms with Crippen LogP contribution in [-0.4, -0.2) is 12.2 Å². The van der Waals surface area contributed by atoms with Gasteiger partial charge in [0.25, 0.3) is 0 Å². The molecule has 0 aliphatic carbocycles. The van der Waals surface area contributed by atoms with Crippen LogP contribution in [0, 0.1) is 23.3 Å². The number of rotatable bonds is 6. The number of aliphatic hydroxyl groups is 1. The molecule has 29 heavy (non-hydrogen) atoms. The summed E-state index contributed by atoms with van der Waals surface area (Å²) in [5, 5.41) is 10.7. The van der Waals surface area contributed by atoms with E-state index in [4.69, 9.17) is 4.74 Å². The Morgan fingerprint density at radius 2 is 1.48 bits per heavy atom. The molecule has 1 atom stereocenters. The predicted molar refractivity (Wildman–Crippen MR) is 103 cm³/mol. The normalized spacial score (nSPS) is 12.1. The second kappa shape index (κ2) is 8.66. The van der Waals surface area contributed by atoms with Gasteiger partial charge in [0.05, 0.1) is 7.11 Å². The number of aliphatic hydroxyl groups excluding tert-OH is 1. The lowest BCUT2D eigenvalue weighted by Crippen LogP contribution is -2.07. The fraction of sp³-hybridized carbons (Fsp3) is 0.217. The number of ether oxygens (including phenoxy) is 1. The molecule has 0 aliphatic rings. The largest absolute Gasteiger partial charge is 0.493 e. The molecule has 0 saturated heterocycles. The van der Waals surface area contributed by atoms with Gasteiger partial charge >= 0.3 is 0 Å². The maximum Gasteiger partial charge on any atom is 0.194 e. The minimum absolute atomic E-state index is 0.0226. The van der Waals surface area contributed by atoms with Crippen LogP contribution in [0.2, 0.25) is 0 Å². The average molecular weight is 404 g/mol. The Bertz CT molecular complexity index is 993. The van der Waals surface area contributed by atoms with Crippen molar-refractivity contribution in [2.24, 2.45) is 0 Å². The lowest BCUT2D eigenvalue weighted by atomic mass is 9.95. The standard InChI is InChI=1S/C23H20F4O2/c1-3-4-13-5-7-14(8-6-13)15-9-17(23(29-2)20(26)10-15)22(28)16-11-18(24)21(27)19(25)12-16/h5-12,22,28H,3-4H2,1-2H3. The molecule has 0 aromatic heterocycles. The van der Waals surface area contributed by atoms with Gasteiger partial charge in [-0.1, -0.05) is 37.6 Å². The SMILES string of the molecule is CCCc1ccc(-c2cc(F)c(OC)c(C(O)c3cc(F)c(F)c(F)c3)c2)cc1. The van der Waals surface area contributed by atoms with Crippen molar-refractivity contribution in [2.75, 3.05) is 7.11 Å². The van der Waals surface area contributed by atoms with Crippen LogP contribution >= 0.6 is 0 Å². The molecule has 0 aliphatic heterocycles. The zero-order chi connectivity index (χ0) is 21.1. The van der Waals surface area contributed by atoms with Crippen molar-refractivity contribution in [3.05, 3.63) is 88.5 Å². The number of methoxy groups -OCH3 is 1. The Balaban J connectivity index is 2.08. The topological polar surface area (TPSA) is 29.5 Å². The summed E-state index contributed by atoms with van der Waals surface area (Å²) in [4.78, 5) is 0. The molecule has 6 heteroatoms. The van der Waals surface area contributed by atoms with Crippen LogP contribution in [0.3, 0.4) is 0 Å². The number of hydrogen-bond donors (Lipinski definition) is 1. The Hall–Kier alpha value is -2.86. The Morgan fingerprint density at radius 3 is 2.03 bits per heavy atom. The summed E-state index contributed by atoms with van der Waals surface area (Å²) in [5.41, 5.74) is 2.03. The molecule has 0 heterocycles. The summed E-state index contributed by atoms with van der Waals surface area (Å²) < 4.78 is 60.1. The molecule has 3 aromatic rings. The molecule has 1 N–H and O–H groups in total. The van der Waals surface area contributed by atoms with E-state index in [-0.39, 0.29) is 16.9 Å². The molecule has 0 fully saturated rings. The van der Waals surface area contributed by atoms with Crippen LogP contribution in [0.4, 0.5) is 17.6 Å². The van der Waals surface area contributed by atoms with Crippen LogP contribution in [-0.2, 0) is 6.42 Å². The van der Waals surface area contributed by atoms with Crippen molar-refractivity contribution >= 4 is 0 Å². The summed E-state index contributed by atoms with van der Waals surface area (Å²) in [6, 6.07) is 11.6. The van der Waals surface area contributed by atoms with Gasteiger partial charge in [0.2, 0.25) is 0 Å². The quantitative estimate of drug-likeness (QED) is 0.406. The van der Waals surface area contributed by atoms with Crippen molar-refractivity contribution in [1.29, 1.82) is 0 Å². The number of hydrogen-bond acceptors (Lipinski definition) is 2. The van der Waals surface area contributed by atoms with E-state index in [1.807, 2.05) is 24.3 Å². The summed E-state index contributed by atoms with van der Waals surface area (Å²) >= 11 is 0. The highest BCUT2D eigenvalue weighted by molar-refractivity contribution is 5.67.